The molecule has 3 atom stereocenters. The molecule has 0 spiro atoms. The predicted molar refractivity (Wildman–Crippen MR) is 389 cm³/mol. The monoisotopic (exact) mass is 1300 g/mol. The summed E-state index contributed by atoms with van der Waals surface area (Å²) >= 11 is 0. The SMILES string of the molecule is [C-]#[N+]c1ccc(NC(=O)[C@@](C)(O)CN(C)c2ccc(C#N)c(-c3ccccc3)c2)cc1C.[C-]#[N+]c1ccc(NC(=O)[C@@](C)(O)CN(C)c2ccc(C#N)cc2-c2ccccc2)cc1C.[C-]#[N+]c1ccc(NC(=O)[C@@](C)(O)CN(CCC)c2ccc(C#N)c(-c3ccccc3)c2)cc1C. The van der Waals surface area contributed by atoms with Crippen LogP contribution in [0.5, 0.6) is 0 Å². The average Bonchev–Trinajstić information content (AvgIpc) is 0.816. The molecule has 0 heterocycles. The summed E-state index contributed by atoms with van der Waals surface area (Å²) in [5, 5.41) is 69.6. The third-order valence-corrected chi connectivity index (χ3v) is 16.1. The number of likely N-dealkylation sites (N-methyl/N-ethyl adjacent to an activating group) is 2. The van der Waals surface area contributed by atoms with Gasteiger partial charge in [-0.15, -0.1) is 0 Å². The van der Waals surface area contributed by atoms with Gasteiger partial charge in [-0.25, -0.2) is 14.5 Å². The van der Waals surface area contributed by atoms with Gasteiger partial charge in [0, 0.05) is 71.5 Å². The number of benzene rings is 9. The van der Waals surface area contributed by atoms with Gasteiger partial charge in [-0.3, -0.25) is 14.4 Å². The number of amides is 3. The van der Waals surface area contributed by atoms with Gasteiger partial charge in [-0.05, 0) is 172 Å². The van der Waals surface area contributed by atoms with Crippen LogP contribution in [0.25, 0.3) is 47.9 Å². The van der Waals surface area contributed by atoms with Gasteiger partial charge in [0.2, 0.25) is 0 Å². The molecule has 0 aliphatic heterocycles. The van der Waals surface area contributed by atoms with Gasteiger partial charge in [0.15, 0.2) is 33.9 Å². The molecule has 0 aromatic heterocycles. The number of hydrogen-bond donors (Lipinski definition) is 6. The number of nitrogens with zero attached hydrogens (tertiary/aromatic N) is 9. The summed E-state index contributed by atoms with van der Waals surface area (Å²) in [6, 6.07) is 66.9. The Hall–Kier alpha value is -12.4. The van der Waals surface area contributed by atoms with Crippen molar-refractivity contribution in [3.63, 3.8) is 0 Å². The van der Waals surface area contributed by atoms with Gasteiger partial charge < -0.3 is 46.0 Å². The van der Waals surface area contributed by atoms with E-state index in [1.165, 1.54) is 20.8 Å². The number of rotatable bonds is 20. The second-order valence-electron chi connectivity index (χ2n) is 24.3. The van der Waals surface area contributed by atoms with Crippen molar-refractivity contribution in [3.05, 3.63) is 268 Å². The number of nitriles is 3. The number of aliphatic hydroxyl groups is 3. The predicted octanol–water partition coefficient (Wildman–Crippen LogP) is 15.5. The van der Waals surface area contributed by atoms with E-state index in [0.29, 0.717) is 57.4 Å². The van der Waals surface area contributed by atoms with Crippen LogP contribution in [-0.2, 0) is 14.4 Å². The average molecular weight is 1300 g/mol. The van der Waals surface area contributed by atoms with Crippen molar-refractivity contribution in [3.8, 4) is 51.6 Å². The summed E-state index contributed by atoms with van der Waals surface area (Å²) in [7, 11) is 3.58. The molecule has 0 fully saturated rings. The third-order valence-electron chi connectivity index (χ3n) is 16.1. The summed E-state index contributed by atoms with van der Waals surface area (Å²) in [6.45, 7) is 34.0. The lowest BCUT2D eigenvalue weighted by Gasteiger charge is -2.32. The number of carbonyl (C=O) groups excluding carboxylic acids is 3. The first-order valence-corrected chi connectivity index (χ1v) is 31.3. The highest BCUT2D eigenvalue weighted by Gasteiger charge is 2.35. The molecule has 0 saturated carbocycles. The van der Waals surface area contributed by atoms with Crippen LogP contribution in [-0.4, -0.2) is 90.1 Å². The fourth-order valence-corrected chi connectivity index (χ4v) is 10.8. The summed E-state index contributed by atoms with van der Waals surface area (Å²) < 4.78 is 0. The second kappa shape index (κ2) is 33.1. The van der Waals surface area contributed by atoms with Crippen LogP contribution < -0.4 is 30.7 Å². The highest BCUT2D eigenvalue weighted by Crippen LogP contribution is 2.35. The van der Waals surface area contributed by atoms with Crippen molar-refractivity contribution < 1.29 is 29.7 Å². The number of nitrogens with one attached hydrogen (secondary N) is 3. The topological polar surface area (TPSA) is 242 Å². The standard InChI is InChI=1S/C28H28N4O2.2C26H24N4O2/c1-5-15-32(24-13-11-22(18-29)25(17-24)21-9-7-6-8-10-21)19-28(3,34)27(33)31-23-12-14-26(30-4)20(2)16-23;1-18-14-21(11-12-23(18)28-3)29-25(31)26(2,32)17-30(4)24-13-10-19(16-27)15-22(24)20-8-6-5-7-9-20;1-18-14-21(11-13-24(18)28-3)29-25(31)26(2,32)17-30(4)22-12-10-20(16-27)23(15-22)19-8-6-5-7-9-19/h6-14,16-17,34H,5,15,19H2,1-3H3,(H,31,33);2*5-15,32H,17H2,1-2,4H3,(H,29,31)/t28-;2*26-/m000/s1. The van der Waals surface area contributed by atoms with Crippen molar-refractivity contribution in [1.29, 1.82) is 15.8 Å². The van der Waals surface area contributed by atoms with Crippen molar-refractivity contribution in [2.45, 2.75) is 71.7 Å². The van der Waals surface area contributed by atoms with Gasteiger partial charge in [-0.2, -0.15) is 15.8 Å². The van der Waals surface area contributed by atoms with Crippen LogP contribution in [0.3, 0.4) is 0 Å². The molecule has 9 rings (SSSR count). The Morgan fingerprint density at radius 2 is 0.816 bits per heavy atom. The highest BCUT2D eigenvalue weighted by atomic mass is 16.3. The zero-order chi connectivity index (χ0) is 71.3. The highest BCUT2D eigenvalue weighted by molar-refractivity contribution is 5.99. The minimum atomic E-state index is -1.69. The maximum Gasteiger partial charge on any atom is 0.257 e. The second-order valence-corrected chi connectivity index (χ2v) is 24.3. The fourth-order valence-electron chi connectivity index (χ4n) is 10.8. The molecule has 0 saturated heterocycles. The lowest BCUT2D eigenvalue weighted by Crippen LogP contribution is -2.50. The maximum atomic E-state index is 13.0. The number of carbonyl (C=O) groups is 3. The number of aryl methyl sites for hydroxylation is 3. The molecule has 9 aromatic carbocycles. The molecule has 18 nitrogen and oxygen atoms in total. The van der Waals surface area contributed by atoms with E-state index in [1.807, 2.05) is 127 Å². The van der Waals surface area contributed by atoms with Crippen LogP contribution >= 0.6 is 0 Å². The van der Waals surface area contributed by atoms with Gasteiger partial charge in [-0.1, -0.05) is 116 Å². The van der Waals surface area contributed by atoms with E-state index in [0.717, 1.165) is 73.6 Å². The molecule has 492 valence electrons. The van der Waals surface area contributed by atoms with E-state index >= 15 is 0 Å². The van der Waals surface area contributed by atoms with Crippen LogP contribution in [0.15, 0.2) is 200 Å². The minimum Gasteiger partial charge on any atom is -0.378 e. The van der Waals surface area contributed by atoms with Gasteiger partial charge in [0.25, 0.3) is 17.7 Å². The lowest BCUT2D eigenvalue weighted by molar-refractivity contribution is -0.132. The van der Waals surface area contributed by atoms with E-state index in [1.54, 1.807) is 130 Å². The van der Waals surface area contributed by atoms with Crippen molar-refractivity contribution in [1.82, 2.24) is 0 Å². The molecule has 18 heteroatoms. The fraction of sp³-hybridized carbons (Fsp3) is 0.212. The molecule has 9 aromatic rings. The van der Waals surface area contributed by atoms with E-state index in [2.05, 4.69) is 48.7 Å². The Labute approximate surface area is 573 Å². The van der Waals surface area contributed by atoms with Crippen molar-refractivity contribution in [2.75, 3.05) is 70.9 Å². The molecule has 6 N–H and O–H groups in total. The minimum absolute atomic E-state index is 0.0314. The quantitative estimate of drug-likeness (QED) is 0.0391. The molecule has 0 aliphatic carbocycles. The van der Waals surface area contributed by atoms with Gasteiger partial charge in [0.1, 0.15) is 0 Å². The number of anilines is 6. The normalized spacial score (nSPS) is 12.2. The molecular formula is C80H76N12O6. The first-order chi connectivity index (χ1) is 46.8. The number of hydrogen-bond acceptors (Lipinski definition) is 12. The van der Waals surface area contributed by atoms with Crippen LogP contribution in [0.2, 0.25) is 0 Å². The molecule has 98 heavy (non-hydrogen) atoms. The Bertz CT molecular complexity index is 4630. The third kappa shape index (κ3) is 18.9. The van der Waals surface area contributed by atoms with Crippen molar-refractivity contribution in [2.24, 2.45) is 0 Å². The Kier molecular flexibility index (Phi) is 24.7. The largest absolute Gasteiger partial charge is 0.378 e. The summed E-state index contributed by atoms with van der Waals surface area (Å²) in [5.41, 5.74) is 9.59. The van der Waals surface area contributed by atoms with Gasteiger partial charge >= 0.3 is 0 Å². The van der Waals surface area contributed by atoms with E-state index in [4.69, 9.17) is 19.7 Å². The van der Waals surface area contributed by atoms with Crippen molar-refractivity contribution >= 4 is 68.9 Å². The first-order valence-electron chi connectivity index (χ1n) is 31.3. The Morgan fingerprint density at radius 1 is 0.449 bits per heavy atom. The molecule has 0 unspecified atom stereocenters. The summed E-state index contributed by atoms with van der Waals surface area (Å²) in [4.78, 5) is 54.4. The zero-order valence-corrected chi connectivity index (χ0v) is 56.2. The van der Waals surface area contributed by atoms with E-state index in [-0.39, 0.29) is 19.6 Å². The molecule has 0 radical (unpaired) electrons. The summed E-state index contributed by atoms with van der Waals surface area (Å²) in [5.74, 6) is -1.62. The van der Waals surface area contributed by atoms with E-state index < -0.39 is 34.5 Å². The molecular weight excluding hydrogens is 1220 g/mol. The van der Waals surface area contributed by atoms with E-state index in [9.17, 15) is 45.5 Å². The molecule has 3 amide bonds. The Morgan fingerprint density at radius 3 is 1.18 bits per heavy atom. The van der Waals surface area contributed by atoms with Crippen LogP contribution in [0, 0.1) is 74.5 Å². The summed E-state index contributed by atoms with van der Waals surface area (Å²) in [6.07, 6.45) is 0.815. The van der Waals surface area contributed by atoms with Crippen LogP contribution in [0.1, 0.15) is 67.5 Å². The lowest BCUT2D eigenvalue weighted by atomic mass is 9.98. The maximum absolute atomic E-state index is 13.0. The smallest absolute Gasteiger partial charge is 0.257 e. The van der Waals surface area contributed by atoms with Gasteiger partial charge in [0.05, 0.1) is 74.2 Å². The molecule has 0 bridgehead atoms. The first kappa shape index (κ1) is 73.0. The van der Waals surface area contributed by atoms with Crippen LogP contribution in [0.4, 0.5) is 51.2 Å². The molecule has 0 aliphatic rings. The zero-order valence-electron chi connectivity index (χ0n) is 56.2. The Balaban J connectivity index is 0.000000207.